The molecular weight excluding hydrogens is 346 g/mol. The average molecular weight is 369 g/mol. The first-order chi connectivity index (χ1) is 12.2. The molecule has 26 heavy (non-hydrogen) atoms. The number of ether oxygens (including phenoxy) is 4. The van der Waals surface area contributed by atoms with Gasteiger partial charge >= 0.3 is 23.9 Å². The maximum atomic E-state index is 11.8. The second kappa shape index (κ2) is 9.59. The number of carbonyl (C=O) groups excluding carboxylic acids is 4. The Hall–Kier alpha value is -2.84. The summed E-state index contributed by atoms with van der Waals surface area (Å²) in [7, 11) is 0. The van der Waals surface area contributed by atoms with Crippen molar-refractivity contribution in [2.45, 2.75) is 33.5 Å². The van der Waals surface area contributed by atoms with Gasteiger partial charge in [0.25, 0.3) is 5.79 Å². The van der Waals surface area contributed by atoms with Gasteiger partial charge in [0.1, 0.15) is 18.7 Å². The predicted octanol–water partition coefficient (Wildman–Crippen LogP) is 0.691. The van der Waals surface area contributed by atoms with Crippen LogP contribution in [0.5, 0.6) is 0 Å². The molecule has 0 aromatic heterocycles. The lowest BCUT2D eigenvalue weighted by Gasteiger charge is -2.29. The highest BCUT2D eigenvalue weighted by Crippen LogP contribution is 2.22. The standard InChI is InChI=1S/C17H23NO8/c1-5-23-13(19)10-18(11-14(20)24-6-2)9-7-8-12-15(21)25-17(3,4)26-16(12)22/h7-9H,5-6,10-11H2,1-4H3/b9-7+. The first-order valence-electron chi connectivity index (χ1n) is 8.09. The van der Waals surface area contributed by atoms with Crippen molar-refractivity contribution in [3.63, 3.8) is 0 Å². The van der Waals surface area contributed by atoms with E-state index in [-0.39, 0.29) is 31.9 Å². The molecule has 1 rings (SSSR count). The molecule has 1 heterocycles. The number of hydrogen-bond acceptors (Lipinski definition) is 9. The summed E-state index contributed by atoms with van der Waals surface area (Å²) in [5.41, 5.74) is -0.298. The number of carbonyl (C=O) groups is 4. The van der Waals surface area contributed by atoms with Gasteiger partial charge in [-0.2, -0.15) is 0 Å². The Morgan fingerprint density at radius 1 is 1.00 bits per heavy atom. The third-order valence-electron chi connectivity index (χ3n) is 2.95. The van der Waals surface area contributed by atoms with Crippen molar-refractivity contribution in [2.24, 2.45) is 0 Å². The molecular formula is C17H23NO8. The Bertz CT molecular complexity index is 578. The molecule has 0 amide bonds. The molecule has 1 fully saturated rings. The fourth-order valence-electron chi connectivity index (χ4n) is 1.96. The monoisotopic (exact) mass is 369 g/mol. The quantitative estimate of drug-likeness (QED) is 0.264. The summed E-state index contributed by atoms with van der Waals surface area (Å²) in [6.07, 6.45) is 3.87. The lowest BCUT2D eigenvalue weighted by molar-refractivity contribution is -0.222. The third-order valence-corrected chi connectivity index (χ3v) is 2.95. The summed E-state index contributed by atoms with van der Waals surface area (Å²) in [5.74, 6) is -4.04. The van der Waals surface area contributed by atoms with Crippen LogP contribution in [0.1, 0.15) is 27.7 Å². The average Bonchev–Trinajstić information content (AvgIpc) is 2.49. The fourth-order valence-corrected chi connectivity index (χ4v) is 1.96. The lowest BCUT2D eigenvalue weighted by atomic mass is 10.2. The Balaban J connectivity index is 2.84. The van der Waals surface area contributed by atoms with Gasteiger partial charge in [0.2, 0.25) is 0 Å². The van der Waals surface area contributed by atoms with E-state index in [1.165, 1.54) is 37.1 Å². The van der Waals surface area contributed by atoms with Crippen LogP contribution in [0, 0.1) is 0 Å². The Labute approximate surface area is 151 Å². The molecule has 0 aromatic rings. The van der Waals surface area contributed by atoms with Gasteiger partial charge in [0.05, 0.1) is 13.2 Å². The minimum atomic E-state index is -1.32. The van der Waals surface area contributed by atoms with Crippen molar-refractivity contribution >= 4 is 23.9 Å². The van der Waals surface area contributed by atoms with E-state index in [1.807, 2.05) is 0 Å². The Kier molecular flexibility index (Phi) is 7.82. The number of nitrogens with zero attached hydrogens (tertiary/aromatic N) is 1. The van der Waals surface area contributed by atoms with Crippen LogP contribution in [0.2, 0.25) is 0 Å². The van der Waals surface area contributed by atoms with Crippen LogP contribution >= 0.6 is 0 Å². The summed E-state index contributed by atoms with van der Waals surface area (Å²) in [4.78, 5) is 48.2. The molecule has 9 nitrogen and oxygen atoms in total. The summed E-state index contributed by atoms with van der Waals surface area (Å²) >= 11 is 0. The van der Waals surface area contributed by atoms with Crippen molar-refractivity contribution in [2.75, 3.05) is 26.3 Å². The van der Waals surface area contributed by atoms with E-state index in [1.54, 1.807) is 13.8 Å². The maximum Gasteiger partial charge on any atom is 0.348 e. The van der Waals surface area contributed by atoms with Crippen molar-refractivity contribution < 1.29 is 38.1 Å². The van der Waals surface area contributed by atoms with E-state index in [2.05, 4.69) is 0 Å². The zero-order chi connectivity index (χ0) is 19.7. The van der Waals surface area contributed by atoms with Gasteiger partial charge < -0.3 is 23.8 Å². The van der Waals surface area contributed by atoms with Gasteiger partial charge in [-0.15, -0.1) is 0 Å². The van der Waals surface area contributed by atoms with Gasteiger partial charge in [-0.25, -0.2) is 9.59 Å². The smallest absolute Gasteiger partial charge is 0.348 e. The van der Waals surface area contributed by atoms with Gasteiger partial charge in [0.15, 0.2) is 0 Å². The molecule has 0 bridgehead atoms. The van der Waals surface area contributed by atoms with E-state index < -0.39 is 29.7 Å². The van der Waals surface area contributed by atoms with Crippen LogP contribution in [0.4, 0.5) is 0 Å². The normalized spacial score (nSPS) is 15.9. The topological polar surface area (TPSA) is 108 Å². The van der Waals surface area contributed by atoms with E-state index in [0.29, 0.717) is 0 Å². The number of allylic oxidation sites excluding steroid dienone is 2. The molecule has 0 N–H and O–H groups in total. The zero-order valence-corrected chi connectivity index (χ0v) is 15.3. The molecule has 0 saturated carbocycles. The number of hydrogen-bond donors (Lipinski definition) is 0. The molecule has 0 unspecified atom stereocenters. The third kappa shape index (κ3) is 6.96. The molecule has 0 aromatic carbocycles. The highest BCUT2D eigenvalue weighted by Gasteiger charge is 2.38. The molecule has 1 aliphatic heterocycles. The van der Waals surface area contributed by atoms with Crippen LogP contribution in [0.15, 0.2) is 23.9 Å². The van der Waals surface area contributed by atoms with Crippen LogP contribution < -0.4 is 0 Å². The second-order valence-corrected chi connectivity index (χ2v) is 5.62. The molecule has 144 valence electrons. The molecule has 1 aliphatic rings. The van der Waals surface area contributed by atoms with Crippen molar-refractivity contribution in [3.05, 3.63) is 23.9 Å². The van der Waals surface area contributed by atoms with Gasteiger partial charge in [-0.1, -0.05) is 0 Å². The van der Waals surface area contributed by atoms with Crippen molar-refractivity contribution in [1.82, 2.24) is 4.90 Å². The SMILES string of the molecule is CCOC(=O)CN(/C=C/C=C1C(=O)OC(C)(C)OC1=O)CC(=O)OCC. The summed E-state index contributed by atoms with van der Waals surface area (Å²) < 4.78 is 19.6. The first kappa shape index (κ1) is 21.2. The first-order valence-corrected chi connectivity index (χ1v) is 8.09. The minimum absolute atomic E-state index is 0.200. The molecule has 1 saturated heterocycles. The summed E-state index contributed by atoms with van der Waals surface area (Å²) in [6, 6.07) is 0. The Morgan fingerprint density at radius 3 is 1.88 bits per heavy atom. The molecule has 0 atom stereocenters. The Morgan fingerprint density at radius 2 is 1.46 bits per heavy atom. The number of cyclic esters (lactones) is 2. The maximum absolute atomic E-state index is 11.8. The predicted molar refractivity (Wildman–Crippen MR) is 88.3 cm³/mol. The van der Waals surface area contributed by atoms with Gasteiger partial charge in [0, 0.05) is 20.0 Å². The lowest BCUT2D eigenvalue weighted by Crippen LogP contribution is -2.41. The minimum Gasteiger partial charge on any atom is -0.465 e. The highest BCUT2D eigenvalue weighted by atomic mass is 16.7. The largest absolute Gasteiger partial charge is 0.465 e. The molecule has 9 heteroatoms. The fraction of sp³-hybridized carbons (Fsp3) is 0.529. The summed E-state index contributed by atoms with van der Waals surface area (Å²) in [5, 5.41) is 0. The van der Waals surface area contributed by atoms with Crippen LogP contribution in [-0.4, -0.2) is 60.9 Å². The molecule has 0 aliphatic carbocycles. The molecule has 0 spiro atoms. The van der Waals surface area contributed by atoms with Gasteiger partial charge in [-0.3, -0.25) is 9.59 Å². The summed E-state index contributed by atoms with van der Waals surface area (Å²) in [6.45, 7) is 6.21. The molecule has 0 radical (unpaired) electrons. The highest BCUT2D eigenvalue weighted by molar-refractivity contribution is 6.15. The number of esters is 4. The zero-order valence-electron chi connectivity index (χ0n) is 15.3. The van der Waals surface area contributed by atoms with Crippen molar-refractivity contribution in [3.8, 4) is 0 Å². The van der Waals surface area contributed by atoms with Gasteiger partial charge in [-0.05, 0) is 26.0 Å². The van der Waals surface area contributed by atoms with E-state index in [9.17, 15) is 19.2 Å². The van der Waals surface area contributed by atoms with E-state index in [0.717, 1.165) is 0 Å². The van der Waals surface area contributed by atoms with E-state index >= 15 is 0 Å². The second-order valence-electron chi connectivity index (χ2n) is 5.62. The van der Waals surface area contributed by atoms with Crippen LogP contribution in [0.25, 0.3) is 0 Å². The number of rotatable bonds is 8. The van der Waals surface area contributed by atoms with E-state index in [4.69, 9.17) is 18.9 Å². The van der Waals surface area contributed by atoms with Crippen LogP contribution in [0.3, 0.4) is 0 Å². The van der Waals surface area contributed by atoms with Crippen LogP contribution in [-0.2, 0) is 38.1 Å². The van der Waals surface area contributed by atoms with Crippen molar-refractivity contribution in [1.29, 1.82) is 0 Å².